The van der Waals surface area contributed by atoms with Crippen LogP contribution in [0, 0.1) is 5.82 Å². The standard InChI is InChI=1S/C13H18ClFN2O2/c1-13(2,3)19-12(18)17-11(7-16)9-6-8(14)4-5-10(9)15/h4-6,11H,7,16H2,1-3H3,(H,17,18). The molecule has 0 saturated carbocycles. The highest BCUT2D eigenvalue weighted by molar-refractivity contribution is 6.30. The molecule has 0 aromatic heterocycles. The Morgan fingerprint density at radius 1 is 1.53 bits per heavy atom. The number of benzene rings is 1. The second-order valence-corrected chi connectivity index (χ2v) is 5.54. The maximum absolute atomic E-state index is 13.7. The summed E-state index contributed by atoms with van der Waals surface area (Å²) in [5.74, 6) is -0.476. The number of carbonyl (C=O) groups is 1. The first-order valence-corrected chi connectivity index (χ1v) is 6.25. The lowest BCUT2D eigenvalue weighted by atomic mass is 10.1. The number of nitrogens with two attached hydrogens (primary N) is 1. The van der Waals surface area contributed by atoms with Crippen LogP contribution in [0.5, 0.6) is 0 Å². The number of alkyl carbamates (subject to hydrolysis) is 1. The molecule has 4 nitrogen and oxygen atoms in total. The van der Waals surface area contributed by atoms with Crippen molar-refractivity contribution in [3.05, 3.63) is 34.6 Å². The molecule has 1 rings (SSSR count). The fourth-order valence-electron chi connectivity index (χ4n) is 1.50. The molecular weight excluding hydrogens is 271 g/mol. The molecule has 1 aromatic rings. The smallest absolute Gasteiger partial charge is 0.408 e. The molecule has 1 atom stereocenters. The van der Waals surface area contributed by atoms with E-state index in [9.17, 15) is 9.18 Å². The molecule has 106 valence electrons. The third kappa shape index (κ3) is 5.04. The van der Waals surface area contributed by atoms with Gasteiger partial charge in [-0.3, -0.25) is 0 Å². The van der Waals surface area contributed by atoms with E-state index in [0.29, 0.717) is 5.02 Å². The normalized spacial score (nSPS) is 12.9. The zero-order valence-corrected chi connectivity index (χ0v) is 11.9. The molecule has 1 unspecified atom stereocenters. The largest absolute Gasteiger partial charge is 0.444 e. The van der Waals surface area contributed by atoms with Gasteiger partial charge in [-0.05, 0) is 39.0 Å². The number of nitrogens with one attached hydrogen (secondary N) is 1. The van der Waals surface area contributed by atoms with E-state index in [4.69, 9.17) is 22.1 Å². The lowest BCUT2D eigenvalue weighted by Gasteiger charge is -2.23. The summed E-state index contributed by atoms with van der Waals surface area (Å²) in [6.45, 7) is 5.26. The van der Waals surface area contributed by atoms with Crippen molar-refractivity contribution in [2.75, 3.05) is 6.54 Å². The Bertz CT molecular complexity index is 460. The number of carbonyl (C=O) groups excluding carboxylic acids is 1. The number of ether oxygens (including phenoxy) is 1. The Balaban J connectivity index is 2.84. The number of rotatable bonds is 3. The average molecular weight is 289 g/mol. The topological polar surface area (TPSA) is 64.3 Å². The van der Waals surface area contributed by atoms with Gasteiger partial charge in [0, 0.05) is 17.1 Å². The van der Waals surface area contributed by atoms with Crippen LogP contribution in [-0.2, 0) is 4.74 Å². The van der Waals surface area contributed by atoms with E-state index in [1.807, 2.05) is 0 Å². The third-order valence-electron chi connectivity index (χ3n) is 2.26. The molecule has 0 heterocycles. The number of halogens is 2. The molecule has 0 aliphatic carbocycles. The van der Waals surface area contributed by atoms with Crippen LogP contribution in [-0.4, -0.2) is 18.2 Å². The summed E-state index contributed by atoms with van der Waals surface area (Å²) in [6.07, 6.45) is -0.651. The second-order valence-electron chi connectivity index (χ2n) is 5.10. The van der Waals surface area contributed by atoms with Gasteiger partial charge in [-0.1, -0.05) is 11.6 Å². The van der Waals surface area contributed by atoms with Crippen LogP contribution in [0.1, 0.15) is 32.4 Å². The van der Waals surface area contributed by atoms with Gasteiger partial charge >= 0.3 is 6.09 Å². The van der Waals surface area contributed by atoms with Gasteiger partial charge in [0.15, 0.2) is 0 Å². The van der Waals surface area contributed by atoms with Crippen molar-refractivity contribution >= 4 is 17.7 Å². The quantitative estimate of drug-likeness (QED) is 0.898. The lowest BCUT2D eigenvalue weighted by Crippen LogP contribution is -2.38. The molecule has 19 heavy (non-hydrogen) atoms. The molecule has 3 N–H and O–H groups in total. The minimum Gasteiger partial charge on any atom is -0.444 e. The fourth-order valence-corrected chi connectivity index (χ4v) is 1.68. The van der Waals surface area contributed by atoms with Gasteiger partial charge in [0.2, 0.25) is 0 Å². The number of amides is 1. The van der Waals surface area contributed by atoms with Crippen LogP contribution in [0.3, 0.4) is 0 Å². The Morgan fingerprint density at radius 2 is 2.16 bits per heavy atom. The molecule has 1 amide bonds. The van der Waals surface area contributed by atoms with E-state index in [0.717, 1.165) is 0 Å². The molecule has 0 bridgehead atoms. The summed E-state index contributed by atoms with van der Waals surface area (Å²) in [5, 5.41) is 2.90. The van der Waals surface area contributed by atoms with E-state index < -0.39 is 23.6 Å². The number of hydrogen-bond acceptors (Lipinski definition) is 3. The first kappa shape index (κ1) is 15.7. The highest BCUT2D eigenvalue weighted by Crippen LogP contribution is 2.21. The summed E-state index contributed by atoms with van der Waals surface area (Å²) in [6, 6.07) is 3.41. The van der Waals surface area contributed by atoms with Gasteiger partial charge in [-0.15, -0.1) is 0 Å². The van der Waals surface area contributed by atoms with E-state index in [1.54, 1.807) is 20.8 Å². The van der Waals surface area contributed by atoms with Gasteiger partial charge in [0.1, 0.15) is 11.4 Å². The number of hydrogen-bond donors (Lipinski definition) is 2. The molecule has 0 aliphatic rings. The Morgan fingerprint density at radius 3 is 2.68 bits per heavy atom. The minimum atomic E-state index is -0.687. The predicted octanol–water partition coefficient (Wildman–Crippen LogP) is 3.00. The van der Waals surface area contributed by atoms with Crippen LogP contribution in [0.4, 0.5) is 9.18 Å². The highest BCUT2D eigenvalue weighted by Gasteiger charge is 2.21. The van der Waals surface area contributed by atoms with Crippen molar-refractivity contribution < 1.29 is 13.9 Å². The zero-order valence-electron chi connectivity index (χ0n) is 11.2. The van der Waals surface area contributed by atoms with E-state index in [2.05, 4.69) is 5.32 Å². The Hall–Kier alpha value is -1.33. The van der Waals surface area contributed by atoms with Crippen LogP contribution in [0.15, 0.2) is 18.2 Å². The van der Waals surface area contributed by atoms with Crippen molar-refractivity contribution in [1.82, 2.24) is 5.32 Å². The van der Waals surface area contributed by atoms with E-state index >= 15 is 0 Å². The van der Waals surface area contributed by atoms with Crippen molar-refractivity contribution in [1.29, 1.82) is 0 Å². The van der Waals surface area contributed by atoms with Gasteiger partial charge in [0.25, 0.3) is 0 Å². The summed E-state index contributed by atoms with van der Waals surface area (Å²) in [7, 11) is 0. The van der Waals surface area contributed by atoms with Crippen molar-refractivity contribution in [2.45, 2.75) is 32.4 Å². The van der Waals surface area contributed by atoms with Crippen molar-refractivity contribution in [2.24, 2.45) is 5.73 Å². The SMILES string of the molecule is CC(C)(C)OC(=O)NC(CN)c1cc(Cl)ccc1F. The van der Waals surface area contributed by atoms with Crippen molar-refractivity contribution in [3.63, 3.8) is 0 Å². The molecule has 0 fully saturated rings. The zero-order chi connectivity index (χ0) is 14.6. The molecule has 6 heteroatoms. The Kier molecular flexibility index (Phi) is 5.14. The third-order valence-corrected chi connectivity index (χ3v) is 2.50. The van der Waals surface area contributed by atoms with Crippen LogP contribution >= 0.6 is 11.6 Å². The summed E-state index contributed by atoms with van der Waals surface area (Å²) in [4.78, 5) is 11.7. The average Bonchev–Trinajstić information content (AvgIpc) is 2.27. The highest BCUT2D eigenvalue weighted by atomic mass is 35.5. The maximum Gasteiger partial charge on any atom is 0.408 e. The molecule has 0 saturated heterocycles. The van der Waals surface area contributed by atoms with Crippen molar-refractivity contribution in [3.8, 4) is 0 Å². The minimum absolute atomic E-state index is 0.0382. The fraction of sp³-hybridized carbons (Fsp3) is 0.462. The molecule has 0 aliphatic heterocycles. The van der Waals surface area contributed by atoms with Gasteiger partial charge in [0.05, 0.1) is 6.04 Å². The molecular formula is C13H18ClFN2O2. The molecule has 1 aromatic carbocycles. The molecule has 0 spiro atoms. The monoisotopic (exact) mass is 288 g/mol. The van der Waals surface area contributed by atoms with Gasteiger partial charge in [-0.25, -0.2) is 9.18 Å². The summed E-state index contributed by atoms with van der Waals surface area (Å²) >= 11 is 5.81. The Labute approximate surface area is 117 Å². The van der Waals surface area contributed by atoms with Crippen LogP contribution < -0.4 is 11.1 Å². The summed E-state index contributed by atoms with van der Waals surface area (Å²) < 4.78 is 18.8. The second kappa shape index (κ2) is 6.21. The lowest BCUT2D eigenvalue weighted by molar-refractivity contribution is 0.0504. The first-order chi connectivity index (χ1) is 8.73. The van der Waals surface area contributed by atoms with Crippen LogP contribution in [0.25, 0.3) is 0 Å². The van der Waals surface area contributed by atoms with Gasteiger partial charge in [-0.2, -0.15) is 0 Å². The molecule has 0 radical (unpaired) electrons. The van der Waals surface area contributed by atoms with E-state index in [-0.39, 0.29) is 12.1 Å². The van der Waals surface area contributed by atoms with E-state index in [1.165, 1.54) is 18.2 Å². The summed E-state index contributed by atoms with van der Waals surface area (Å²) in [5.41, 5.74) is 5.16. The maximum atomic E-state index is 13.7. The van der Waals surface area contributed by atoms with Crippen LogP contribution in [0.2, 0.25) is 5.02 Å². The first-order valence-electron chi connectivity index (χ1n) is 5.87. The van der Waals surface area contributed by atoms with Gasteiger partial charge < -0.3 is 15.8 Å². The predicted molar refractivity (Wildman–Crippen MR) is 72.6 cm³/mol.